The van der Waals surface area contributed by atoms with Gasteiger partial charge in [0.1, 0.15) is 48.8 Å². The summed E-state index contributed by atoms with van der Waals surface area (Å²) in [5, 5.41) is 81.1. The molecule has 15 atom stereocenters. The smallest absolute Gasteiger partial charge is 0.314 e. The van der Waals surface area contributed by atoms with Gasteiger partial charge in [0.2, 0.25) is 6.29 Å². The van der Waals surface area contributed by atoms with Crippen molar-refractivity contribution in [3.05, 3.63) is 12.2 Å². The maximum absolute atomic E-state index is 13.9. The normalized spacial score (nSPS) is 51.3. The molecule has 4 unspecified atom stereocenters. The van der Waals surface area contributed by atoms with Gasteiger partial charge in [-0.25, -0.2) is 0 Å². The van der Waals surface area contributed by atoms with Crippen molar-refractivity contribution in [3.63, 3.8) is 0 Å². The van der Waals surface area contributed by atoms with E-state index in [1.807, 2.05) is 6.92 Å². The van der Waals surface area contributed by atoms with Gasteiger partial charge >= 0.3 is 5.97 Å². The van der Waals surface area contributed by atoms with Crippen LogP contribution in [0.3, 0.4) is 0 Å². The van der Waals surface area contributed by atoms with E-state index in [2.05, 4.69) is 13.5 Å². The number of ether oxygens (including phenoxy) is 4. The molecule has 0 bridgehead atoms. The highest BCUT2D eigenvalue weighted by Gasteiger charge is 2.64. The molecule has 3 aliphatic carbocycles. The van der Waals surface area contributed by atoms with Gasteiger partial charge in [-0.3, -0.25) is 4.79 Å². The highest BCUT2D eigenvalue weighted by molar-refractivity contribution is 5.77. The van der Waals surface area contributed by atoms with E-state index in [0.29, 0.717) is 25.7 Å². The predicted molar refractivity (Wildman–Crippen MR) is 151 cm³/mol. The lowest BCUT2D eigenvalue weighted by atomic mass is 9.40. The standard InChI is InChI=1S/C31H50O13/c1-15-5-6-19-29(2)8-4-9-30(3,28(40)44-27-25(39)23(37)21(35)17(13-33)43-27)18(29)7-10-31(19,11-15)14-41-26-24(38)22(36)20(34)16(12-32)42-26/h16-27,32-39H,1,4-14H2,2-3H3/t16?,17?,18-,19-,20+,21+,22?,23?,24-,25-,26+,27-,29+,30+,31+/m0/s1. The average molecular weight is 631 g/mol. The van der Waals surface area contributed by atoms with Crippen LogP contribution >= 0.6 is 0 Å². The lowest BCUT2D eigenvalue weighted by Crippen LogP contribution is -2.63. The first-order valence-corrected chi connectivity index (χ1v) is 15.8. The number of carbonyl (C=O) groups excluding carboxylic acids is 1. The number of esters is 1. The first-order chi connectivity index (χ1) is 20.7. The van der Waals surface area contributed by atoms with Crippen LogP contribution in [-0.2, 0) is 23.7 Å². The molecule has 252 valence electrons. The van der Waals surface area contributed by atoms with Crippen molar-refractivity contribution in [1.82, 2.24) is 0 Å². The maximum Gasteiger partial charge on any atom is 0.314 e. The summed E-state index contributed by atoms with van der Waals surface area (Å²) in [5.41, 5.74) is -0.566. The highest BCUT2D eigenvalue weighted by Crippen LogP contribution is 2.68. The Morgan fingerprint density at radius 2 is 1.41 bits per heavy atom. The first-order valence-electron chi connectivity index (χ1n) is 15.8. The van der Waals surface area contributed by atoms with E-state index in [-0.39, 0.29) is 23.9 Å². The van der Waals surface area contributed by atoms with E-state index in [0.717, 1.165) is 31.3 Å². The minimum atomic E-state index is -1.68. The van der Waals surface area contributed by atoms with E-state index >= 15 is 0 Å². The van der Waals surface area contributed by atoms with Crippen LogP contribution in [0.25, 0.3) is 0 Å². The van der Waals surface area contributed by atoms with Gasteiger partial charge in [-0.2, -0.15) is 0 Å². The van der Waals surface area contributed by atoms with Crippen molar-refractivity contribution in [2.75, 3.05) is 19.8 Å². The van der Waals surface area contributed by atoms with Crippen molar-refractivity contribution in [1.29, 1.82) is 0 Å². The van der Waals surface area contributed by atoms with E-state index in [9.17, 15) is 45.6 Å². The molecule has 2 saturated heterocycles. The number of hydrogen-bond acceptors (Lipinski definition) is 13. The average Bonchev–Trinajstić information content (AvgIpc) is 2.99. The van der Waals surface area contributed by atoms with Gasteiger partial charge in [0, 0.05) is 5.41 Å². The molecule has 5 fully saturated rings. The maximum atomic E-state index is 13.9. The summed E-state index contributed by atoms with van der Waals surface area (Å²) in [5.74, 6) is -0.565. The topological polar surface area (TPSA) is 216 Å². The second kappa shape index (κ2) is 12.8. The van der Waals surface area contributed by atoms with Gasteiger partial charge in [-0.05, 0) is 69.1 Å². The monoisotopic (exact) mass is 630 g/mol. The fourth-order valence-corrected chi connectivity index (χ4v) is 9.39. The van der Waals surface area contributed by atoms with Gasteiger partial charge in [-0.15, -0.1) is 0 Å². The second-order valence-electron chi connectivity index (χ2n) is 14.4. The third-order valence-electron chi connectivity index (χ3n) is 11.8. The summed E-state index contributed by atoms with van der Waals surface area (Å²) in [6, 6.07) is 0. The molecule has 5 rings (SSSR count). The molecule has 44 heavy (non-hydrogen) atoms. The molecule has 0 aromatic carbocycles. The number of allylic oxidation sites excluding steroid dienone is 1. The highest BCUT2D eigenvalue weighted by atomic mass is 16.7. The lowest BCUT2D eigenvalue weighted by molar-refractivity contribution is -0.312. The first kappa shape index (κ1) is 34.1. The van der Waals surface area contributed by atoms with E-state index in [4.69, 9.17) is 18.9 Å². The number of aliphatic hydroxyl groups is 8. The molecule has 13 nitrogen and oxygen atoms in total. The molecule has 0 radical (unpaired) electrons. The van der Waals surface area contributed by atoms with Crippen LogP contribution in [0.4, 0.5) is 0 Å². The van der Waals surface area contributed by atoms with Crippen LogP contribution in [0.2, 0.25) is 0 Å². The Labute approximate surface area is 257 Å². The van der Waals surface area contributed by atoms with Crippen LogP contribution < -0.4 is 0 Å². The fourth-order valence-electron chi connectivity index (χ4n) is 9.39. The summed E-state index contributed by atoms with van der Waals surface area (Å²) >= 11 is 0. The molecule has 2 heterocycles. The third-order valence-corrected chi connectivity index (χ3v) is 11.8. The van der Waals surface area contributed by atoms with Crippen LogP contribution in [0, 0.1) is 28.1 Å². The lowest BCUT2D eigenvalue weighted by Gasteiger charge is -2.64. The molecule has 0 aromatic heterocycles. The fraction of sp³-hybridized carbons (Fsp3) is 0.903. The predicted octanol–water partition coefficient (Wildman–Crippen LogP) is -0.905. The number of hydrogen-bond donors (Lipinski definition) is 8. The molecule has 0 spiro atoms. The molecule has 0 amide bonds. The zero-order valence-corrected chi connectivity index (χ0v) is 25.5. The van der Waals surface area contributed by atoms with Crippen molar-refractivity contribution < 1.29 is 64.6 Å². The van der Waals surface area contributed by atoms with Gasteiger partial charge in [0.05, 0.1) is 25.2 Å². The largest absolute Gasteiger partial charge is 0.432 e. The van der Waals surface area contributed by atoms with E-state index < -0.39 is 91.4 Å². The van der Waals surface area contributed by atoms with Gasteiger partial charge in [0.25, 0.3) is 0 Å². The van der Waals surface area contributed by atoms with Crippen molar-refractivity contribution >= 4 is 5.97 Å². The second-order valence-corrected chi connectivity index (χ2v) is 14.4. The van der Waals surface area contributed by atoms with Crippen LogP contribution in [-0.4, -0.2) is 128 Å². The van der Waals surface area contributed by atoms with Crippen LogP contribution in [0.1, 0.15) is 65.2 Å². The summed E-state index contributed by atoms with van der Waals surface area (Å²) < 4.78 is 23.0. The SMILES string of the molecule is C=C1CC[C@@H]2[C@](CO[C@@H]3OC(CO)[C@@H](O)C(O)[C@@H]3O)(CC[C@H]3[C@@]2(C)CCC[C@@]3(C)C(=O)O[C@@H]2OC(CO)[C@@H](O)C(O)[C@@H]2O)C1. The third kappa shape index (κ3) is 5.66. The van der Waals surface area contributed by atoms with Gasteiger partial charge in [0.15, 0.2) is 6.29 Å². The number of aliphatic hydroxyl groups excluding tert-OH is 8. The Balaban J connectivity index is 1.36. The minimum absolute atomic E-state index is 0.0992. The molecule has 8 N–H and O–H groups in total. The van der Waals surface area contributed by atoms with Crippen molar-refractivity contribution in [2.45, 2.75) is 127 Å². The Morgan fingerprint density at radius 3 is 2.02 bits per heavy atom. The zero-order valence-electron chi connectivity index (χ0n) is 25.5. The number of fused-ring (bicyclic) bond motifs is 3. The Hall–Kier alpha value is -1.23. The minimum Gasteiger partial charge on any atom is -0.432 e. The summed E-state index contributed by atoms with van der Waals surface area (Å²) in [7, 11) is 0. The van der Waals surface area contributed by atoms with Crippen molar-refractivity contribution in [3.8, 4) is 0 Å². The summed E-state index contributed by atoms with van der Waals surface area (Å²) in [4.78, 5) is 13.9. The number of rotatable bonds is 7. The molecule has 5 aliphatic rings. The van der Waals surface area contributed by atoms with Crippen LogP contribution in [0.5, 0.6) is 0 Å². The molecular weight excluding hydrogens is 580 g/mol. The Morgan fingerprint density at radius 1 is 0.818 bits per heavy atom. The molecule has 13 heteroatoms. The quantitative estimate of drug-likeness (QED) is 0.127. The summed E-state index contributed by atoms with van der Waals surface area (Å²) in [6.45, 7) is 7.37. The Bertz CT molecular complexity index is 1050. The Kier molecular flexibility index (Phi) is 9.89. The molecular formula is C31H50O13. The molecule has 3 saturated carbocycles. The van der Waals surface area contributed by atoms with E-state index in [1.165, 1.54) is 0 Å². The van der Waals surface area contributed by atoms with Crippen LogP contribution in [0.15, 0.2) is 12.2 Å². The van der Waals surface area contributed by atoms with Gasteiger partial charge < -0.3 is 59.8 Å². The van der Waals surface area contributed by atoms with E-state index in [1.54, 1.807) is 0 Å². The summed E-state index contributed by atoms with van der Waals surface area (Å²) in [6.07, 6.45) is -8.66. The van der Waals surface area contributed by atoms with Gasteiger partial charge in [-0.1, -0.05) is 25.5 Å². The molecule has 0 aromatic rings. The number of carbonyl (C=O) groups is 1. The van der Waals surface area contributed by atoms with Crippen molar-refractivity contribution in [2.24, 2.45) is 28.1 Å². The zero-order chi connectivity index (χ0) is 32.2. The molecule has 2 aliphatic heterocycles.